The summed E-state index contributed by atoms with van der Waals surface area (Å²) in [5.74, 6) is -2.65. The van der Waals surface area contributed by atoms with E-state index in [1.807, 2.05) is 41.3 Å². The minimum Gasteiger partial charge on any atom is -0.497 e. The van der Waals surface area contributed by atoms with Crippen LogP contribution in [0, 0.1) is 0 Å². The van der Waals surface area contributed by atoms with Crippen molar-refractivity contribution in [2.24, 2.45) is 0 Å². The molecule has 2 aliphatic heterocycles. The number of rotatable bonds is 5. The van der Waals surface area contributed by atoms with Crippen LogP contribution >= 0.6 is 11.6 Å². The monoisotopic (exact) mass is 565 g/mol. The number of carboxylic acid groups (broad SMARTS) is 2. The third-order valence-electron chi connectivity index (χ3n) is 7.05. The van der Waals surface area contributed by atoms with Crippen molar-refractivity contribution in [2.75, 3.05) is 49.6 Å². The third-order valence-corrected chi connectivity index (χ3v) is 7.28. The molecule has 0 bridgehead atoms. The molecule has 9 nitrogen and oxygen atoms in total. The van der Waals surface area contributed by atoms with Gasteiger partial charge in [-0.2, -0.15) is 0 Å². The number of carbonyl (C=O) groups is 3. The van der Waals surface area contributed by atoms with E-state index in [4.69, 9.17) is 36.1 Å². The molecule has 5 rings (SSSR count). The van der Waals surface area contributed by atoms with Crippen LogP contribution < -0.4 is 14.5 Å². The van der Waals surface area contributed by atoms with Crippen molar-refractivity contribution in [3.63, 3.8) is 0 Å². The van der Waals surface area contributed by atoms with Crippen molar-refractivity contribution in [3.8, 4) is 5.75 Å². The van der Waals surface area contributed by atoms with Gasteiger partial charge in [-0.1, -0.05) is 41.9 Å². The normalized spacial score (nSPS) is 14.7. The van der Waals surface area contributed by atoms with Crippen LogP contribution in [0.4, 0.5) is 17.1 Å². The van der Waals surface area contributed by atoms with E-state index < -0.39 is 11.9 Å². The SMILES string of the molecule is COc1cccc(N2CCN(CCC(=O)N3c4ccccc4CCc4ccc(Cl)cc43)CC2)c1.O=C(O)C(=O)O. The van der Waals surface area contributed by atoms with Crippen LogP contribution in [-0.2, 0) is 27.2 Å². The number of amides is 1. The van der Waals surface area contributed by atoms with Crippen LogP contribution in [-0.4, -0.2) is 72.8 Å². The summed E-state index contributed by atoms with van der Waals surface area (Å²) in [6.45, 7) is 4.49. The van der Waals surface area contributed by atoms with Crippen molar-refractivity contribution in [1.29, 1.82) is 0 Å². The molecule has 0 radical (unpaired) electrons. The second-order valence-corrected chi connectivity index (χ2v) is 9.96. The lowest BCUT2D eigenvalue weighted by Crippen LogP contribution is -2.47. The van der Waals surface area contributed by atoms with Crippen LogP contribution in [0.5, 0.6) is 5.75 Å². The van der Waals surface area contributed by atoms with E-state index in [9.17, 15) is 4.79 Å². The van der Waals surface area contributed by atoms with E-state index >= 15 is 0 Å². The Hall–Kier alpha value is -4.08. The fraction of sp³-hybridized carbons (Fsp3) is 0.300. The molecule has 0 atom stereocenters. The van der Waals surface area contributed by atoms with Gasteiger partial charge in [-0.3, -0.25) is 14.6 Å². The summed E-state index contributed by atoms with van der Waals surface area (Å²) in [5, 5.41) is 15.4. The average molecular weight is 566 g/mol. The molecule has 40 heavy (non-hydrogen) atoms. The molecule has 0 aliphatic carbocycles. The third kappa shape index (κ3) is 7.11. The van der Waals surface area contributed by atoms with Gasteiger partial charge in [0.2, 0.25) is 5.91 Å². The Morgan fingerprint density at radius 2 is 1.50 bits per heavy atom. The summed E-state index contributed by atoms with van der Waals surface area (Å²) < 4.78 is 5.37. The maximum Gasteiger partial charge on any atom is 0.414 e. The maximum atomic E-state index is 13.6. The molecular weight excluding hydrogens is 534 g/mol. The molecule has 210 valence electrons. The van der Waals surface area contributed by atoms with E-state index in [1.54, 1.807) is 7.11 Å². The molecule has 0 aromatic heterocycles. The molecule has 0 unspecified atom stereocenters. The predicted molar refractivity (Wildman–Crippen MR) is 154 cm³/mol. The smallest absolute Gasteiger partial charge is 0.414 e. The van der Waals surface area contributed by atoms with Gasteiger partial charge in [0.1, 0.15) is 5.75 Å². The van der Waals surface area contributed by atoms with Gasteiger partial charge >= 0.3 is 11.9 Å². The van der Waals surface area contributed by atoms with Crippen molar-refractivity contribution >= 4 is 46.5 Å². The quantitative estimate of drug-likeness (QED) is 0.436. The first kappa shape index (κ1) is 28.9. The number of benzene rings is 3. The van der Waals surface area contributed by atoms with Crippen LogP contribution in [0.3, 0.4) is 0 Å². The number of methoxy groups -OCH3 is 1. The zero-order valence-electron chi connectivity index (χ0n) is 22.3. The summed E-state index contributed by atoms with van der Waals surface area (Å²) in [6.07, 6.45) is 2.29. The lowest BCUT2D eigenvalue weighted by molar-refractivity contribution is -0.159. The second-order valence-electron chi connectivity index (χ2n) is 9.52. The van der Waals surface area contributed by atoms with Gasteiger partial charge in [-0.05, 0) is 54.3 Å². The van der Waals surface area contributed by atoms with Gasteiger partial charge in [0.15, 0.2) is 0 Å². The van der Waals surface area contributed by atoms with Gasteiger partial charge in [0.05, 0.1) is 18.5 Å². The molecule has 1 fully saturated rings. The molecule has 2 aliphatic rings. The number of carbonyl (C=O) groups excluding carboxylic acids is 1. The van der Waals surface area contributed by atoms with E-state index in [2.05, 4.69) is 40.1 Å². The minimum absolute atomic E-state index is 0.119. The van der Waals surface area contributed by atoms with E-state index in [0.29, 0.717) is 11.4 Å². The van der Waals surface area contributed by atoms with Crippen LogP contribution in [0.2, 0.25) is 5.02 Å². The van der Waals surface area contributed by atoms with Gasteiger partial charge in [-0.15, -0.1) is 0 Å². The highest BCUT2D eigenvalue weighted by Crippen LogP contribution is 2.38. The Labute approximate surface area is 238 Å². The summed E-state index contributed by atoms with van der Waals surface area (Å²) in [7, 11) is 1.70. The van der Waals surface area contributed by atoms with Crippen LogP contribution in [0.1, 0.15) is 17.5 Å². The number of nitrogens with zero attached hydrogens (tertiary/aromatic N) is 3. The lowest BCUT2D eigenvalue weighted by atomic mass is 10.0. The highest BCUT2D eigenvalue weighted by molar-refractivity contribution is 6.31. The number of anilines is 3. The van der Waals surface area contributed by atoms with Gasteiger partial charge in [-0.25, -0.2) is 9.59 Å². The second kappa shape index (κ2) is 13.3. The first-order valence-electron chi connectivity index (χ1n) is 13.0. The first-order valence-corrected chi connectivity index (χ1v) is 13.4. The van der Waals surface area contributed by atoms with Gasteiger partial charge < -0.3 is 19.8 Å². The number of hydrogen-bond donors (Lipinski definition) is 2. The van der Waals surface area contributed by atoms with E-state index in [0.717, 1.165) is 62.7 Å². The fourth-order valence-corrected chi connectivity index (χ4v) is 5.13. The molecule has 3 aromatic carbocycles. The Balaban J connectivity index is 0.000000557. The van der Waals surface area contributed by atoms with E-state index in [-0.39, 0.29) is 5.91 Å². The number of carboxylic acids is 2. The molecule has 3 aromatic rings. The first-order chi connectivity index (χ1) is 19.3. The molecule has 1 amide bonds. The molecular formula is C30H32ClN3O6. The molecule has 2 N–H and O–H groups in total. The lowest BCUT2D eigenvalue weighted by Gasteiger charge is -2.36. The standard InChI is InChI=1S/C28H30ClN3O2.C2H2O4/c1-34-25-7-4-6-24(20-25)31-17-15-30(16-18-31)14-13-28(33)32-26-8-3-2-5-21(26)9-10-22-11-12-23(29)19-27(22)32;3-1(4)2(5)6/h2-8,11-12,19-20H,9-10,13-18H2,1H3;(H,3,4)(H,5,6). The summed E-state index contributed by atoms with van der Waals surface area (Å²) in [4.78, 5) is 38.5. The van der Waals surface area contributed by atoms with Crippen LogP contribution in [0.25, 0.3) is 0 Å². The van der Waals surface area contributed by atoms with Crippen molar-refractivity contribution in [3.05, 3.63) is 82.9 Å². The minimum atomic E-state index is -1.82. The summed E-state index contributed by atoms with van der Waals surface area (Å²) in [6, 6.07) is 22.3. The van der Waals surface area contributed by atoms with Crippen molar-refractivity contribution < 1.29 is 29.3 Å². The predicted octanol–water partition coefficient (Wildman–Crippen LogP) is 4.48. The number of fused-ring (bicyclic) bond motifs is 2. The zero-order chi connectivity index (χ0) is 28.6. The average Bonchev–Trinajstić information content (AvgIpc) is 3.13. The fourth-order valence-electron chi connectivity index (χ4n) is 4.97. The topological polar surface area (TPSA) is 111 Å². The Morgan fingerprint density at radius 3 is 2.17 bits per heavy atom. The highest BCUT2D eigenvalue weighted by Gasteiger charge is 2.27. The number of hydrogen-bond acceptors (Lipinski definition) is 6. The van der Waals surface area contributed by atoms with Crippen LogP contribution in [0.15, 0.2) is 66.7 Å². The molecule has 10 heteroatoms. The number of halogens is 1. The number of piperazine rings is 1. The zero-order valence-corrected chi connectivity index (χ0v) is 23.0. The highest BCUT2D eigenvalue weighted by atomic mass is 35.5. The van der Waals surface area contributed by atoms with Gasteiger partial charge in [0.25, 0.3) is 0 Å². The van der Waals surface area contributed by atoms with Crippen molar-refractivity contribution in [2.45, 2.75) is 19.3 Å². The summed E-state index contributed by atoms with van der Waals surface area (Å²) in [5.41, 5.74) is 5.46. The number of ether oxygens (including phenoxy) is 1. The van der Waals surface area contributed by atoms with Gasteiger partial charge in [0, 0.05) is 55.9 Å². The molecule has 1 saturated heterocycles. The molecule has 0 spiro atoms. The number of aryl methyl sites for hydroxylation is 2. The van der Waals surface area contributed by atoms with Crippen molar-refractivity contribution in [1.82, 2.24) is 4.90 Å². The van der Waals surface area contributed by atoms with E-state index in [1.165, 1.54) is 16.8 Å². The molecule has 0 saturated carbocycles. The maximum absolute atomic E-state index is 13.6. The Morgan fingerprint density at radius 1 is 0.825 bits per heavy atom. The molecule has 2 heterocycles. The Bertz CT molecular complexity index is 1360. The Kier molecular flexibility index (Phi) is 9.63. The summed E-state index contributed by atoms with van der Waals surface area (Å²) >= 11 is 6.35. The number of aliphatic carboxylic acids is 2. The number of para-hydroxylation sites is 1. The largest absolute Gasteiger partial charge is 0.497 e.